The van der Waals surface area contributed by atoms with Gasteiger partial charge in [-0.1, -0.05) is 23.7 Å². The van der Waals surface area contributed by atoms with Crippen LogP contribution in [0.5, 0.6) is 0 Å². The van der Waals surface area contributed by atoms with E-state index in [1.807, 2.05) is 24.3 Å². The lowest BCUT2D eigenvalue weighted by molar-refractivity contribution is 0.0600. The Kier molecular flexibility index (Phi) is 5.38. The number of hydrogen-bond donors (Lipinski definition) is 2. The van der Waals surface area contributed by atoms with Crippen LogP contribution in [0.25, 0.3) is 22.4 Å². The number of halogens is 2. The molecular formula is C21H15ClFN3O4S. The number of H-pyrrole nitrogens is 1. The van der Waals surface area contributed by atoms with Crippen LogP contribution in [0.2, 0.25) is 5.02 Å². The summed E-state index contributed by atoms with van der Waals surface area (Å²) in [5.74, 6) is -1.35. The van der Waals surface area contributed by atoms with Crippen LogP contribution in [0.15, 0.2) is 65.6 Å². The van der Waals surface area contributed by atoms with Crippen molar-refractivity contribution in [1.29, 1.82) is 0 Å². The number of rotatable bonds is 5. The van der Waals surface area contributed by atoms with Crippen LogP contribution in [0.4, 0.5) is 10.1 Å². The second-order valence-corrected chi connectivity index (χ2v) is 8.68. The summed E-state index contributed by atoms with van der Waals surface area (Å²) >= 11 is 6.13. The first-order valence-electron chi connectivity index (χ1n) is 8.93. The summed E-state index contributed by atoms with van der Waals surface area (Å²) in [7, 11) is -3.14. The van der Waals surface area contributed by atoms with Crippen LogP contribution < -0.4 is 4.72 Å². The molecule has 0 unspecified atom stereocenters. The van der Waals surface area contributed by atoms with Crippen molar-refractivity contribution in [2.24, 2.45) is 0 Å². The number of nitrogens with one attached hydrogen (secondary N) is 2. The fraction of sp³-hybridized carbons (Fsp3) is 0.0476. The van der Waals surface area contributed by atoms with Gasteiger partial charge in [0.1, 0.15) is 11.6 Å². The van der Waals surface area contributed by atoms with Crippen LogP contribution in [-0.2, 0) is 14.8 Å². The molecule has 158 valence electrons. The third-order valence-corrected chi connectivity index (χ3v) is 6.05. The summed E-state index contributed by atoms with van der Waals surface area (Å²) in [6, 6.07) is 14.6. The summed E-state index contributed by atoms with van der Waals surface area (Å²) in [6.07, 6.45) is 0. The highest BCUT2D eigenvalue weighted by Crippen LogP contribution is 2.32. The van der Waals surface area contributed by atoms with Crippen LogP contribution in [0.1, 0.15) is 10.4 Å². The fourth-order valence-corrected chi connectivity index (χ4v) is 4.35. The van der Waals surface area contributed by atoms with E-state index in [4.69, 9.17) is 11.6 Å². The van der Waals surface area contributed by atoms with Crippen LogP contribution in [0, 0.1) is 5.82 Å². The molecule has 0 spiro atoms. The number of nitrogens with zero attached hydrogens (tertiary/aromatic N) is 1. The average molecular weight is 460 g/mol. The number of carbonyl (C=O) groups excluding carboxylic acids is 1. The predicted molar refractivity (Wildman–Crippen MR) is 115 cm³/mol. The summed E-state index contributed by atoms with van der Waals surface area (Å²) in [6.45, 7) is 0. The molecule has 7 nitrogen and oxygen atoms in total. The molecular weight excluding hydrogens is 445 g/mol. The van der Waals surface area contributed by atoms with Crippen LogP contribution in [-0.4, -0.2) is 31.5 Å². The number of methoxy groups -OCH3 is 1. The van der Waals surface area contributed by atoms with Crippen molar-refractivity contribution < 1.29 is 22.3 Å². The number of aromatic nitrogens is 2. The van der Waals surface area contributed by atoms with Gasteiger partial charge in [0.25, 0.3) is 10.0 Å². The highest BCUT2D eigenvalue weighted by atomic mass is 35.5. The van der Waals surface area contributed by atoms with Crippen LogP contribution >= 0.6 is 11.6 Å². The number of fused-ring (bicyclic) bond motifs is 1. The highest BCUT2D eigenvalue weighted by Gasteiger charge is 2.21. The zero-order chi connectivity index (χ0) is 22.2. The average Bonchev–Trinajstić information content (AvgIpc) is 3.18. The standard InChI is InChI=1S/C21H15ClFN3O4S/c1-30-21(27)12-8-14(23)11-15(9-12)31(28,29)26-17-7-6-13(22)10-16(17)20-24-18-4-2-3-5-19(18)25-20/h2-11,26H,1H3,(H,24,25). The third-order valence-electron chi connectivity index (χ3n) is 4.47. The summed E-state index contributed by atoms with van der Waals surface area (Å²) in [5, 5.41) is 0.372. The van der Waals surface area contributed by atoms with Crippen molar-refractivity contribution in [1.82, 2.24) is 9.97 Å². The number of ether oxygens (including phenoxy) is 1. The third kappa shape index (κ3) is 4.23. The Morgan fingerprint density at radius 3 is 2.65 bits per heavy atom. The van der Waals surface area contributed by atoms with Gasteiger partial charge in [-0.15, -0.1) is 0 Å². The second kappa shape index (κ2) is 8.01. The quantitative estimate of drug-likeness (QED) is 0.424. The Hall–Kier alpha value is -3.43. The molecule has 10 heteroatoms. The largest absolute Gasteiger partial charge is 0.465 e. The van der Waals surface area contributed by atoms with Gasteiger partial charge in [0.05, 0.1) is 34.3 Å². The van der Waals surface area contributed by atoms with Gasteiger partial charge in [-0.2, -0.15) is 0 Å². The van der Waals surface area contributed by atoms with E-state index < -0.39 is 26.7 Å². The highest BCUT2D eigenvalue weighted by molar-refractivity contribution is 7.92. The van der Waals surface area contributed by atoms with Gasteiger partial charge in [-0.05, 0) is 48.5 Å². The number of aromatic amines is 1. The van der Waals surface area contributed by atoms with E-state index in [9.17, 15) is 17.6 Å². The molecule has 0 fully saturated rings. The Morgan fingerprint density at radius 2 is 1.90 bits per heavy atom. The number of esters is 1. The first-order chi connectivity index (χ1) is 14.8. The lowest BCUT2D eigenvalue weighted by Gasteiger charge is -2.13. The number of benzene rings is 3. The smallest absolute Gasteiger partial charge is 0.337 e. The number of sulfonamides is 1. The van der Waals surface area contributed by atoms with E-state index in [0.717, 1.165) is 30.8 Å². The molecule has 1 heterocycles. The zero-order valence-electron chi connectivity index (χ0n) is 16.0. The van der Waals surface area contributed by atoms with E-state index in [0.29, 0.717) is 21.9 Å². The van der Waals surface area contributed by atoms with Crippen molar-refractivity contribution in [3.05, 3.63) is 77.1 Å². The van der Waals surface area contributed by atoms with Gasteiger partial charge < -0.3 is 9.72 Å². The molecule has 4 rings (SSSR count). The Balaban J connectivity index is 1.78. The molecule has 0 atom stereocenters. The molecule has 2 N–H and O–H groups in total. The SMILES string of the molecule is COC(=O)c1cc(F)cc(S(=O)(=O)Nc2ccc(Cl)cc2-c2nc3ccccc3[nH]2)c1. The minimum atomic E-state index is -4.26. The van der Waals surface area contributed by atoms with E-state index in [-0.39, 0.29) is 11.3 Å². The maximum absolute atomic E-state index is 14.0. The summed E-state index contributed by atoms with van der Waals surface area (Å²) < 4.78 is 46.9. The maximum Gasteiger partial charge on any atom is 0.337 e. The lowest BCUT2D eigenvalue weighted by atomic mass is 10.2. The Bertz CT molecular complexity index is 1390. The van der Waals surface area contributed by atoms with E-state index in [2.05, 4.69) is 19.4 Å². The van der Waals surface area contributed by atoms with Crippen molar-refractivity contribution in [2.45, 2.75) is 4.90 Å². The molecule has 0 radical (unpaired) electrons. The van der Waals surface area contributed by atoms with Crippen molar-refractivity contribution in [3.8, 4) is 11.4 Å². The molecule has 0 aliphatic heterocycles. The fourth-order valence-electron chi connectivity index (χ4n) is 3.04. The molecule has 0 amide bonds. The summed E-state index contributed by atoms with van der Waals surface area (Å²) in [5.41, 5.74) is 1.80. The minimum absolute atomic E-state index is 0.173. The van der Waals surface area contributed by atoms with E-state index in [1.165, 1.54) is 12.1 Å². The molecule has 0 saturated heterocycles. The molecule has 1 aromatic heterocycles. The molecule has 3 aromatic carbocycles. The Labute approximate surface area is 181 Å². The molecule has 4 aromatic rings. The van der Waals surface area contributed by atoms with Gasteiger partial charge in [0.15, 0.2) is 0 Å². The minimum Gasteiger partial charge on any atom is -0.465 e. The Morgan fingerprint density at radius 1 is 1.13 bits per heavy atom. The predicted octanol–water partition coefficient (Wildman–Crippen LogP) is 4.61. The second-order valence-electron chi connectivity index (χ2n) is 6.57. The number of hydrogen-bond acceptors (Lipinski definition) is 5. The first kappa shape index (κ1) is 20.8. The van der Waals surface area contributed by atoms with E-state index in [1.54, 1.807) is 6.07 Å². The number of para-hydroxylation sites is 2. The normalized spacial score (nSPS) is 11.5. The van der Waals surface area contributed by atoms with E-state index >= 15 is 0 Å². The van der Waals surface area contributed by atoms with Crippen molar-refractivity contribution >= 4 is 44.3 Å². The van der Waals surface area contributed by atoms with Gasteiger partial charge in [0.2, 0.25) is 0 Å². The molecule has 0 aliphatic carbocycles. The number of anilines is 1. The van der Waals surface area contributed by atoms with Crippen LogP contribution in [0.3, 0.4) is 0 Å². The molecule has 0 saturated carbocycles. The topological polar surface area (TPSA) is 101 Å². The number of carbonyl (C=O) groups is 1. The van der Waals surface area contributed by atoms with Crippen molar-refractivity contribution in [3.63, 3.8) is 0 Å². The maximum atomic E-state index is 14.0. The first-order valence-corrected chi connectivity index (χ1v) is 10.8. The lowest BCUT2D eigenvalue weighted by Crippen LogP contribution is -2.15. The van der Waals surface area contributed by atoms with Gasteiger partial charge in [-0.3, -0.25) is 4.72 Å². The van der Waals surface area contributed by atoms with Gasteiger partial charge >= 0.3 is 5.97 Å². The zero-order valence-corrected chi connectivity index (χ0v) is 17.6. The van der Waals surface area contributed by atoms with Gasteiger partial charge in [-0.25, -0.2) is 22.6 Å². The molecule has 31 heavy (non-hydrogen) atoms. The van der Waals surface area contributed by atoms with Gasteiger partial charge in [0, 0.05) is 10.6 Å². The summed E-state index contributed by atoms with van der Waals surface area (Å²) in [4.78, 5) is 18.9. The molecule has 0 bridgehead atoms. The number of imidazole rings is 1. The van der Waals surface area contributed by atoms with Crippen molar-refractivity contribution in [2.75, 3.05) is 11.8 Å². The molecule has 0 aliphatic rings. The monoisotopic (exact) mass is 459 g/mol.